The Labute approximate surface area is 200 Å². The minimum Gasteiger partial charge on any atom is -0.454 e. The Hall–Kier alpha value is -3.47. The van der Waals surface area contributed by atoms with Crippen LogP contribution in [-0.2, 0) is 16.6 Å². The van der Waals surface area contributed by atoms with Crippen molar-refractivity contribution in [2.75, 3.05) is 6.79 Å². The fourth-order valence-corrected chi connectivity index (χ4v) is 4.65. The summed E-state index contributed by atoms with van der Waals surface area (Å²) in [7, 11) is 0. The second-order valence-corrected chi connectivity index (χ2v) is 9.34. The molecule has 0 amide bonds. The van der Waals surface area contributed by atoms with Gasteiger partial charge in [-0.25, -0.2) is 0 Å². The van der Waals surface area contributed by atoms with Crippen LogP contribution < -0.4 is 9.47 Å². The Kier molecular flexibility index (Phi) is 5.94. The molecule has 2 aromatic carbocycles. The third-order valence-corrected chi connectivity index (χ3v) is 7.02. The minimum atomic E-state index is -0.437. The van der Waals surface area contributed by atoms with E-state index >= 15 is 0 Å². The second kappa shape index (κ2) is 9.05. The van der Waals surface area contributed by atoms with Crippen LogP contribution in [0.3, 0.4) is 0 Å². The van der Waals surface area contributed by atoms with Gasteiger partial charge in [-0.3, -0.25) is 14.6 Å². The van der Waals surface area contributed by atoms with Crippen LogP contribution in [0.25, 0.3) is 11.1 Å². The standard InChI is InChI=1S/C29H29NO4/c1-3-4-5-25(31)21-8-6-20(7-9-21)22-14-19(2)24(30-17-22)16-28(32)29(12-13-29)23-10-11-26-27(15-23)34-18-33-26/h6-11,14-15,17H,3-5,12-13,16,18H2,1-2H3. The summed E-state index contributed by atoms with van der Waals surface area (Å²) in [5, 5.41) is 0. The van der Waals surface area contributed by atoms with Crippen molar-refractivity contribution in [1.29, 1.82) is 0 Å². The molecule has 0 spiro atoms. The van der Waals surface area contributed by atoms with Gasteiger partial charge in [-0.1, -0.05) is 43.7 Å². The number of carbonyl (C=O) groups is 2. The third-order valence-electron chi connectivity index (χ3n) is 7.02. The highest BCUT2D eigenvalue weighted by atomic mass is 16.7. The predicted molar refractivity (Wildman–Crippen MR) is 130 cm³/mol. The lowest BCUT2D eigenvalue weighted by Gasteiger charge is -2.16. The maximum atomic E-state index is 13.3. The average Bonchev–Trinajstić information content (AvgIpc) is 3.54. The van der Waals surface area contributed by atoms with Gasteiger partial charge in [0.25, 0.3) is 0 Å². The van der Waals surface area contributed by atoms with Gasteiger partial charge in [0.05, 0.1) is 11.1 Å². The number of hydrogen-bond acceptors (Lipinski definition) is 5. The van der Waals surface area contributed by atoms with E-state index in [9.17, 15) is 9.59 Å². The summed E-state index contributed by atoms with van der Waals surface area (Å²) in [5.41, 5.74) is 5.13. The Morgan fingerprint density at radius 3 is 2.44 bits per heavy atom. The van der Waals surface area contributed by atoms with Crippen molar-refractivity contribution in [3.63, 3.8) is 0 Å². The van der Waals surface area contributed by atoms with E-state index in [1.165, 1.54) is 0 Å². The number of aryl methyl sites for hydroxylation is 1. The number of ether oxygens (including phenoxy) is 2. The Morgan fingerprint density at radius 2 is 1.74 bits per heavy atom. The van der Waals surface area contributed by atoms with Crippen LogP contribution in [0.1, 0.15) is 66.2 Å². The molecule has 1 fully saturated rings. The first-order valence-corrected chi connectivity index (χ1v) is 12.0. The van der Waals surface area contributed by atoms with Crippen molar-refractivity contribution >= 4 is 11.6 Å². The van der Waals surface area contributed by atoms with E-state index in [-0.39, 0.29) is 18.4 Å². The highest BCUT2D eigenvalue weighted by molar-refractivity contribution is 5.96. The maximum absolute atomic E-state index is 13.3. The number of unbranched alkanes of at least 4 members (excludes halogenated alkanes) is 1. The first-order valence-electron chi connectivity index (χ1n) is 12.0. The Balaban J connectivity index is 1.30. The van der Waals surface area contributed by atoms with Crippen LogP contribution in [0.5, 0.6) is 11.5 Å². The summed E-state index contributed by atoms with van der Waals surface area (Å²) in [6, 6.07) is 15.6. The van der Waals surface area contributed by atoms with E-state index in [1.54, 1.807) is 0 Å². The molecule has 2 aliphatic rings. The van der Waals surface area contributed by atoms with E-state index < -0.39 is 5.41 Å². The van der Waals surface area contributed by atoms with Gasteiger partial charge in [0.2, 0.25) is 6.79 Å². The molecule has 0 saturated heterocycles. The normalized spacial score (nSPS) is 15.2. The number of Topliss-reactive ketones (excluding diaryl/α,β-unsaturated/α-hetero) is 2. The van der Waals surface area contributed by atoms with Gasteiger partial charge in [-0.15, -0.1) is 0 Å². The largest absolute Gasteiger partial charge is 0.454 e. The van der Waals surface area contributed by atoms with Gasteiger partial charge in [-0.05, 0) is 61.1 Å². The van der Waals surface area contributed by atoms with Crippen molar-refractivity contribution in [2.45, 2.75) is 57.8 Å². The molecule has 1 aliphatic carbocycles. The highest BCUT2D eigenvalue weighted by Crippen LogP contribution is 2.51. The molecule has 0 bridgehead atoms. The van der Waals surface area contributed by atoms with Gasteiger partial charge >= 0.3 is 0 Å². The Morgan fingerprint density at radius 1 is 0.971 bits per heavy atom. The number of ketones is 2. The second-order valence-electron chi connectivity index (χ2n) is 9.34. The van der Waals surface area contributed by atoms with E-state index in [2.05, 4.69) is 18.0 Å². The lowest BCUT2D eigenvalue weighted by Crippen LogP contribution is -2.23. The number of benzene rings is 2. The topological polar surface area (TPSA) is 65.5 Å². The van der Waals surface area contributed by atoms with Gasteiger partial charge in [0.15, 0.2) is 17.3 Å². The van der Waals surface area contributed by atoms with E-state index in [4.69, 9.17) is 9.47 Å². The van der Waals surface area contributed by atoms with Crippen LogP contribution in [0.2, 0.25) is 0 Å². The smallest absolute Gasteiger partial charge is 0.231 e. The lowest BCUT2D eigenvalue weighted by molar-refractivity contribution is -0.120. The van der Waals surface area contributed by atoms with Gasteiger partial charge in [0, 0.05) is 30.2 Å². The van der Waals surface area contributed by atoms with Crippen LogP contribution in [0, 0.1) is 6.92 Å². The number of pyridine rings is 1. The van der Waals surface area contributed by atoms with Gasteiger partial charge < -0.3 is 9.47 Å². The van der Waals surface area contributed by atoms with Crippen LogP contribution in [0.15, 0.2) is 54.7 Å². The molecule has 5 rings (SSSR count). The molecule has 5 nitrogen and oxygen atoms in total. The molecule has 1 aromatic heterocycles. The van der Waals surface area contributed by atoms with E-state index in [0.29, 0.717) is 18.6 Å². The molecule has 0 N–H and O–H groups in total. The Bertz CT molecular complexity index is 1240. The fourth-order valence-electron chi connectivity index (χ4n) is 4.65. The number of rotatable bonds is 9. The highest BCUT2D eigenvalue weighted by Gasteiger charge is 2.51. The number of carbonyl (C=O) groups excluding carboxylic acids is 2. The summed E-state index contributed by atoms with van der Waals surface area (Å²) in [6.07, 6.45) is 6.36. The lowest BCUT2D eigenvalue weighted by atomic mass is 9.88. The number of aromatic nitrogens is 1. The van der Waals surface area contributed by atoms with Crippen molar-refractivity contribution in [3.8, 4) is 22.6 Å². The quantitative estimate of drug-likeness (QED) is 0.370. The molecule has 1 aliphatic heterocycles. The van der Waals surface area contributed by atoms with Crippen LogP contribution in [-0.4, -0.2) is 23.3 Å². The third kappa shape index (κ3) is 4.23. The van der Waals surface area contributed by atoms with Crippen molar-refractivity contribution < 1.29 is 19.1 Å². The van der Waals surface area contributed by atoms with Gasteiger partial charge in [-0.2, -0.15) is 0 Å². The zero-order valence-electron chi connectivity index (χ0n) is 19.7. The zero-order valence-corrected chi connectivity index (χ0v) is 19.7. The summed E-state index contributed by atoms with van der Waals surface area (Å²) in [5.74, 6) is 1.84. The summed E-state index contributed by atoms with van der Waals surface area (Å²) < 4.78 is 10.9. The first-order chi connectivity index (χ1) is 16.5. The molecule has 0 unspecified atom stereocenters. The summed E-state index contributed by atoms with van der Waals surface area (Å²) in [4.78, 5) is 30.2. The molecule has 3 aromatic rings. The molecule has 1 saturated carbocycles. The monoisotopic (exact) mass is 455 g/mol. The molecule has 174 valence electrons. The minimum absolute atomic E-state index is 0.188. The van der Waals surface area contributed by atoms with Crippen molar-refractivity contribution in [2.24, 2.45) is 0 Å². The molecular weight excluding hydrogens is 426 g/mol. The number of fused-ring (bicyclic) bond motifs is 1. The number of nitrogens with zero attached hydrogens (tertiary/aromatic N) is 1. The predicted octanol–water partition coefficient (Wildman–Crippen LogP) is 6.00. The molecule has 5 heteroatoms. The zero-order chi connectivity index (χ0) is 23.7. The first kappa shape index (κ1) is 22.3. The van der Waals surface area contributed by atoms with E-state index in [0.717, 1.165) is 64.9 Å². The fraction of sp³-hybridized carbons (Fsp3) is 0.345. The maximum Gasteiger partial charge on any atom is 0.231 e. The van der Waals surface area contributed by atoms with Gasteiger partial charge in [0.1, 0.15) is 5.78 Å². The van der Waals surface area contributed by atoms with Crippen LogP contribution in [0.4, 0.5) is 0 Å². The van der Waals surface area contributed by atoms with Crippen molar-refractivity contribution in [3.05, 3.63) is 77.1 Å². The SMILES string of the molecule is CCCCC(=O)c1ccc(-c2cnc(CC(=O)C3(c4ccc5c(c4)OCO5)CC3)c(C)c2)cc1. The number of hydrogen-bond donors (Lipinski definition) is 0. The van der Waals surface area contributed by atoms with Crippen molar-refractivity contribution in [1.82, 2.24) is 4.98 Å². The summed E-state index contributed by atoms with van der Waals surface area (Å²) >= 11 is 0. The molecule has 0 atom stereocenters. The molecule has 0 radical (unpaired) electrons. The van der Waals surface area contributed by atoms with E-state index in [1.807, 2.05) is 55.6 Å². The molecule has 34 heavy (non-hydrogen) atoms. The molecule has 2 heterocycles. The summed E-state index contributed by atoms with van der Waals surface area (Å²) in [6.45, 7) is 4.32. The average molecular weight is 456 g/mol. The van der Waals surface area contributed by atoms with Crippen LogP contribution >= 0.6 is 0 Å². The molecular formula is C29H29NO4.